The van der Waals surface area contributed by atoms with Crippen molar-refractivity contribution in [2.75, 3.05) is 0 Å². The predicted octanol–water partition coefficient (Wildman–Crippen LogP) is 0.131. The molecule has 0 aliphatic heterocycles. The van der Waals surface area contributed by atoms with Gasteiger partial charge in [0.15, 0.2) is 0 Å². The van der Waals surface area contributed by atoms with Crippen LogP contribution in [0.5, 0.6) is 0 Å². The second-order valence-electron chi connectivity index (χ2n) is 2.59. The first kappa shape index (κ1) is 7.66. The highest BCUT2D eigenvalue weighted by Crippen LogP contribution is 2.04. The van der Waals surface area contributed by atoms with Crippen molar-refractivity contribution in [3.05, 3.63) is 23.8 Å². The fourth-order valence-electron chi connectivity index (χ4n) is 1.10. The zero-order valence-corrected chi connectivity index (χ0v) is 6.80. The zero-order chi connectivity index (χ0) is 9.42. The van der Waals surface area contributed by atoms with E-state index >= 15 is 0 Å². The molecule has 0 aromatic carbocycles. The normalized spacial score (nSPS) is 10.5. The van der Waals surface area contributed by atoms with Gasteiger partial charge in [0, 0.05) is 5.69 Å². The maximum atomic E-state index is 10.8. The lowest BCUT2D eigenvalue weighted by Gasteiger charge is -1.99. The highest BCUT2D eigenvalue weighted by Gasteiger charge is 2.10. The largest absolute Gasteiger partial charge is 0.477 e. The van der Waals surface area contributed by atoms with Crippen LogP contribution in [0.25, 0.3) is 5.78 Å². The lowest BCUT2D eigenvalue weighted by atomic mass is 10.3. The first-order valence-electron chi connectivity index (χ1n) is 3.59. The van der Waals surface area contributed by atoms with Crippen LogP contribution < -0.4 is 0 Å². The van der Waals surface area contributed by atoms with Crippen LogP contribution in [0.3, 0.4) is 0 Å². The summed E-state index contributed by atoms with van der Waals surface area (Å²) in [6.45, 7) is 1.71. The van der Waals surface area contributed by atoms with Crippen LogP contribution in [0.15, 0.2) is 12.4 Å². The van der Waals surface area contributed by atoms with Crippen LogP contribution in [0.4, 0.5) is 0 Å². The molecule has 2 heterocycles. The summed E-state index contributed by atoms with van der Waals surface area (Å²) < 4.78 is 1.33. The summed E-state index contributed by atoms with van der Waals surface area (Å²) in [5.74, 6) is -0.715. The molecular weight excluding hydrogens is 172 g/mol. The van der Waals surface area contributed by atoms with E-state index in [-0.39, 0.29) is 5.69 Å². The van der Waals surface area contributed by atoms with Crippen LogP contribution in [0, 0.1) is 6.92 Å². The molecule has 6 nitrogen and oxygen atoms in total. The summed E-state index contributed by atoms with van der Waals surface area (Å²) in [6.07, 6.45) is 1.32. The van der Waals surface area contributed by atoms with Crippen LogP contribution in [-0.2, 0) is 0 Å². The van der Waals surface area contributed by atoms with E-state index < -0.39 is 5.97 Å². The van der Waals surface area contributed by atoms with Gasteiger partial charge in [-0.05, 0) is 13.0 Å². The highest BCUT2D eigenvalue weighted by atomic mass is 16.4. The summed E-state index contributed by atoms with van der Waals surface area (Å²) in [5, 5.41) is 16.1. The predicted molar refractivity (Wildman–Crippen MR) is 42.5 cm³/mol. The number of rotatable bonds is 1. The fourth-order valence-corrected chi connectivity index (χ4v) is 1.10. The van der Waals surface area contributed by atoms with Gasteiger partial charge in [-0.15, -0.1) is 10.2 Å². The third-order valence-electron chi connectivity index (χ3n) is 1.63. The molecule has 0 aliphatic rings. The maximum absolute atomic E-state index is 10.8. The Morgan fingerprint density at radius 1 is 1.62 bits per heavy atom. The number of hydrogen-bond donors (Lipinski definition) is 1. The monoisotopic (exact) mass is 178 g/mol. The molecule has 0 amide bonds. The minimum Gasteiger partial charge on any atom is -0.477 e. The van der Waals surface area contributed by atoms with Crippen molar-refractivity contribution in [1.82, 2.24) is 19.6 Å². The van der Waals surface area contributed by atoms with Gasteiger partial charge in [-0.3, -0.25) is 4.40 Å². The fraction of sp³-hybridized carbons (Fsp3) is 0.143. The van der Waals surface area contributed by atoms with E-state index in [1.54, 1.807) is 6.92 Å². The molecule has 0 aliphatic carbocycles. The molecule has 0 saturated carbocycles. The Balaban J connectivity index is 2.84. The van der Waals surface area contributed by atoms with E-state index in [1.807, 2.05) is 0 Å². The molecule has 0 atom stereocenters. The summed E-state index contributed by atoms with van der Waals surface area (Å²) >= 11 is 0. The van der Waals surface area contributed by atoms with Crippen molar-refractivity contribution in [3.63, 3.8) is 0 Å². The van der Waals surface area contributed by atoms with Gasteiger partial charge in [0.2, 0.25) is 0 Å². The van der Waals surface area contributed by atoms with Crippen LogP contribution >= 0.6 is 0 Å². The van der Waals surface area contributed by atoms with E-state index in [0.717, 1.165) is 0 Å². The number of carboxylic acid groups (broad SMARTS) is 1. The molecular formula is C7H6N4O2. The van der Waals surface area contributed by atoms with Crippen molar-refractivity contribution < 1.29 is 9.90 Å². The summed E-state index contributed by atoms with van der Waals surface area (Å²) in [4.78, 5) is 14.8. The van der Waals surface area contributed by atoms with Crippen molar-refractivity contribution in [3.8, 4) is 0 Å². The van der Waals surface area contributed by atoms with Crippen LogP contribution in [0.2, 0.25) is 0 Å². The second kappa shape index (κ2) is 2.51. The Bertz CT molecular complexity index is 476. The molecule has 1 N–H and O–H groups in total. The van der Waals surface area contributed by atoms with Gasteiger partial charge in [0.25, 0.3) is 5.78 Å². The van der Waals surface area contributed by atoms with Crippen molar-refractivity contribution in [1.29, 1.82) is 0 Å². The summed E-state index contributed by atoms with van der Waals surface area (Å²) in [5.41, 5.74) is 0.727. The van der Waals surface area contributed by atoms with Gasteiger partial charge in [-0.2, -0.15) is 0 Å². The molecule has 0 spiro atoms. The van der Waals surface area contributed by atoms with Gasteiger partial charge < -0.3 is 5.11 Å². The zero-order valence-electron chi connectivity index (χ0n) is 6.80. The molecule has 13 heavy (non-hydrogen) atoms. The van der Waals surface area contributed by atoms with Crippen molar-refractivity contribution in [2.45, 2.75) is 6.92 Å². The first-order valence-corrected chi connectivity index (χ1v) is 3.59. The van der Waals surface area contributed by atoms with E-state index in [4.69, 9.17) is 5.11 Å². The number of aromatic nitrogens is 4. The molecule has 0 unspecified atom stereocenters. The standard InChI is InChI=1S/C7H6N4O2/c1-4-2-5(6(12)13)11-3-8-10-7(11)9-4/h2-3H,1H3,(H,12,13). The number of nitrogens with zero attached hydrogens (tertiary/aromatic N) is 4. The van der Waals surface area contributed by atoms with Crippen LogP contribution in [-0.4, -0.2) is 30.7 Å². The van der Waals surface area contributed by atoms with Gasteiger partial charge in [-0.1, -0.05) is 0 Å². The van der Waals surface area contributed by atoms with Gasteiger partial charge in [-0.25, -0.2) is 9.78 Å². The number of carboxylic acids is 1. The maximum Gasteiger partial charge on any atom is 0.353 e. The average Bonchev–Trinajstić information content (AvgIpc) is 2.49. The Morgan fingerprint density at radius 2 is 2.38 bits per heavy atom. The van der Waals surface area contributed by atoms with Gasteiger partial charge in [0.1, 0.15) is 12.0 Å². The van der Waals surface area contributed by atoms with Crippen molar-refractivity contribution in [2.24, 2.45) is 0 Å². The van der Waals surface area contributed by atoms with E-state index in [2.05, 4.69) is 15.2 Å². The Kier molecular flexibility index (Phi) is 1.48. The molecule has 0 saturated heterocycles. The molecule has 0 radical (unpaired) electrons. The van der Waals surface area contributed by atoms with Gasteiger partial charge >= 0.3 is 5.97 Å². The minimum atomic E-state index is -1.02. The lowest BCUT2D eigenvalue weighted by molar-refractivity contribution is 0.0688. The Hall–Kier alpha value is -1.98. The summed E-state index contributed by atoms with van der Waals surface area (Å²) in [6, 6.07) is 1.47. The number of fused-ring (bicyclic) bond motifs is 1. The van der Waals surface area contributed by atoms with E-state index in [9.17, 15) is 4.79 Å². The third-order valence-corrected chi connectivity index (χ3v) is 1.63. The van der Waals surface area contributed by atoms with E-state index in [0.29, 0.717) is 11.5 Å². The number of aromatic carboxylic acids is 1. The molecule has 0 bridgehead atoms. The molecule has 2 aromatic rings. The highest BCUT2D eigenvalue weighted by molar-refractivity contribution is 5.86. The SMILES string of the molecule is Cc1cc(C(=O)O)n2cnnc2n1. The Morgan fingerprint density at radius 3 is 3.08 bits per heavy atom. The molecule has 6 heteroatoms. The van der Waals surface area contributed by atoms with E-state index in [1.165, 1.54) is 16.8 Å². The smallest absolute Gasteiger partial charge is 0.353 e. The topological polar surface area (TPSA) is 80.4 Å². The number of carbonyl (C=O) groups is 1. The first-order chi connectivity index (χ1) is 6.18. The molecule has 2 rings (SSSR count). The Labute approximate surface area is 72.9 Å². The van der Waals surface area contributed by atoms with Gasteiger partial charge in [0.05, 0.1) is 0 Å². The third kappa shape index (κ3) is 1.12. The molecule has 66 valence electrons. The van der Waals surface area contributed by atoms with Crippen LogP contribution in [0.1, 0.15) is 16.2 Å². The minimum absolute atomic E-state index is 0.118. The second-order valence-corrected chi connectivity index (χ2v) is 2.59. The molecule has 2 aromatic heterocycles. The lowest BCUT2D eigenvalue weighted by Crippen LogP contribution is -2.06. The molecule has 0 fully saturated rings. The quantitative estimate of drug-likeness (QED) is 0.671. The number of hydrogen-bond acceptors (Lipinski definition) is 4. The summed E-state index contributed by atoms with van der Waals surface area (Å²) in [7, 11) is 0. The number of aryl methyl sites for hydroxylation is 1. The van der Waals surface area contributed by atoms with Crippen molar-refractivity contribution >= 4 is 11.7 Å². The average molecular weight is 178 g/mol.